The van der Waals surface area contributed by atoms with Crippen molar-refractivity contribution in [1.29, 1.82) is 0 Å². The Labute approximate surface area is 145 Å². The number of carbonyl (C=O) groups is 2. The summed E-state index contributed by atoms with van der Waals surface area (Å²) in [6.07, 6.45) is 1.64. The Kier molecular flexibility index (Phi) is 4.37. The topological polar surface area (TPSA) is 77.4 Å². The quantitative estimate of drug-likeness (QED) is 0.870. The molecule has 3 rings (SSSR count). The van der Waals surface area contributed by atoms with Crippen LogP contribution in [0.1, 0.15) is 54.8 Å². The van der Waals surface area contributed by atoms with Crippen molar-refractivity contribution in [2.45, 2.75) is 46.6 Å². The van der Waals surface area contributed by atoms with Gasteiger partial charge in [-0.25, -0.2) is 4.79 Å². The average Bonchev–Trinajstić information content (AvgIpc) is 2.53. The van der Waals surface area contributed by atoms with E-state index in [2.05, 4.69) is 12.2 Å². The number of aryl methyl sites for hydroxylation is 1. The summed E-state index contributed by atoms with van der Waals surface area (Å²) in [4.78, 5) is 36.8. The molecule has 1 amide bonds. The van der Waals surface area contributed by atoms with E-state index in [1.54, 1.807) is 26.0 Å². The molecule has 2 aromatic rings. The SMILES string of the molecule is CCOC(=O)c1c(C)n2c3c(c(NC(C)=O)ccc3c1=O)CCC2C. The molecule has 6 nitrogen and oxygen atoms in total. The van der Waals surface area contributed by atoms with Gasteiger partial charge in [0.15, 0.2) is 0 Å². The number of carbonyl (C=O) groups excluding carboxylic acids is 2. The van der Waals surface area contributed by atoms with E-state index in [-0.39, 0.29) is 29.5 Å². The largest absolute Gasteiger partial charge is 0.462 e. The third-order valence-electron chi connectivity index (χ3n) is 4.76. The van der Waals surface area contributed by atoms with Crippen LogP contribution in [-0.4, -0.2) is 23.1 Å². The number of ether oxygens (including phenoxy) is 1. The third kappa shape index (κ3) is 2.71. The van der Waals surface area contributed by atoms with Gasteiger partial charge in [-0.2, -0.15) is 0 Å². The zero-order valence-corrected chi connectivity index (χ0v) is 14.9. The second-order valence-electron chi connectivity index (χ2n) is 6.44. The molecule has 25 heavy (non-hydrogen) atoms. The molecule has 1 unspecified atom stereocenters. The first kappa shape index (κ1) is 17.2. The summed E-state index contributed by atoms with van der Waals surface area (Å²) in [5.41, 5.74) is 2.88. The highest BCUT2D eigenvalue weighted by molar-refractivity contribution is 5.99. The molecule has 1 aromatic carbocycles. The molecule has 0 spiro atoms. The highest BCUT2D eigenvalue weighted by atomic mass is 16.5. The van der Waals surface area contributed by atoms with Gasteiger partial charge in [0.2, 0.25) is 11.3 Å². The highest BCUT2D eigenvalue weighted by Crippen LogP contribution is 2.36. The van der Waals surface area contributed by atoms with E-state index in [4.69, 9.17) is 4.74 Å². The number of amides is 1. The minimum Gasteiger partial charge on any atom is -0.462 e. The summed E-state index contributed by atoms with van der Waals surface area (Å²) < 4.78 is 7.12. The second-order valence-corrected chi connectivity index (χ2v) is 6.44. The molecule has 1 N–H and O–H groups in total. The van der Waals surface area contributed by atoms with E-state index in [1.165, 1.54) is 6.92 Å². The molecule has 0 saturated carbocycles. The molecule has 0 aliphatic carbocycles. The highest BCUT2D eigenvalue weighted by Gasteiger charge is 2.28. The van der Waals surface area contributed by atoms with Gasteiger partial charge in [0, 0.05) is 35.3 Å². The number of aromatic nitrogens is 1. The monoisotopic (exact) mass is 342 g/mol. The molecule has 132 valence electrons. The molecule has 0 radical (unpaired) electrons. The maximum absolute atomic E-state index is 12.9. The van der Waals surface area contributed by atoms with Crippen molar-refractivity contribution in [2.75, 3.05) is 11.9 Å². The number of hydrogen-bond donors (Lipinski definition) is 1. The fraction of sp³-hybridized carbons (Fsp3) is 0.421. The average molecular weight is 342 g/mol. The lowest BCUT2D eigenvalue weighted by Crippen LogP contribution is -2.28. The number of nitrogens with one attached hydrogen (secondary N) is 1. The van der Waals surface area contributed by atoms with Crippen LogP contribution in [0, 0.1) is 6.92 Å². The fourth-order valence-corrected chi connectivity index (χ4v) is 3.72. The van der Waals surface area contributed by atoms with Crippen molar-refractivity contribution in [3.05, 3.63) is 39.2 Å². The maximum atomic E-state index is 12.9. The molecule has 1 aromatic heterocycles. The summed E-state index contributed by atoms with van der Waals surface area (Å²) in [6, 6.07) is 3.57. The number of nitrogens with zero attached hydrogens (tertiary/aromatic N) is 1. The molecule has 2 heterocycles. The van der Waals surface area contributed by atoms with Gasteiger partial charge < -0.3 is 14.6 Å². The molecule has 0 bridgehead atoms. The normalized spacial score (nSPS) is 15.9. The molecule has 0 fully saturated rings. The number of anilines is 1. The van der Waals surface area contributed by atoms with E-state index >= 15 is 0 Å². The number of pyridine rings is 1. The fourth-order valence-electron chi connectivity index (χ4n) is 3.72. The van der Waals surface area contributed by atoms with Gasteiger partial charge in [-0.1, -0.05) is 0 Å². The Morgan fingerprint density at radius 2 is 2.08 bits per heavy atom. The van der Waals surface area contributed by atoms with Crippen molar-refractivity contribution in [3.63, 3.8) is 0 Å². The Morgan fingerprint density at radius 1 is 1.36 bits per heavy atom. The van der Waals surface area contributed by atoms with E-state index in [9.17, 15) is 14.4 Å². The van der Waals surface area contributed by atoms with Crippen LogP contribution in [0.3, 0.4) is 0 Å². The first-order chi connectivity index (χ1) is 11.9. The van der Waals surface area contributed by atoms with E-state index in [0.717, 1.165) is 29.6 Å². The van der Waals surface area contributed by atoms with Crippen LogP contribution in [-0.2, 0) is 16.0 Å². The van der Waals surface area contributed by atoms with Crippen LogP contribution in [0.25, 0.3) is 10.9 Å². The lowest BCUT2D eigenvalue weighted by molar-refractivity contribution is -0.114. The van der Waals surface area contributed by atoms with Gasteiger partial charge >= 0.3 is 5.97 Å². The molecule has 0 saturated heterocycles. The minimum atomic E-state index is -0.582. The second kappa shape index (κ2) is 6.35. The molecule has 1 aliphatic rings. The molecule has 6 heteroatoms. The predicted molar refractivity (Wildman–Crippen MR) is 96.2 cm³/mol. The lowest BCUT2D eigenvalue weighted by Gasteiger charge is -2.30. The van der Waals surface area contributed by atoms with Crippen molar-refractivity contribution in [3.8, 4) is 0 Å². The summed E-state index contributed by atoms with van der Waals surface area (Å²) >= 11 is 0. The first-order valence-corrected chi connectivity index (χ1v) is 8.52. The van der Waals surface area contributed by atoms with E-state index in [1.807, 2.05) is 4.57 Å². The molecule has 1 atom stereocenters. The Hall–Kier alpha value is -2.63. The number of hydrogen-bond acceptors (Lipinski definition) is 4. The van der Waals surface area contributed by atoms with Gasteiger partial charge in [0.05, 0.1) is 12.1 Å². The Balaban J connectivity index is 2.39. The van der Waals surface area contributed by atoms with Crippen molar-refractivity contribution < 1.29 is 14.3 Å². The maximum Gasteiger partial charge on any atom is 0.343 e. The number of rotatable bonds is 3. The van der Waals surface area contributed by atoms with E-state index < -0.39 is 5.97 Å². The van der Waals surface area contributed by atoms with Crippen molar-refractivity contribution >= 4 is 28.5 Å². The van der Waals surface area contributed by atoms with Gasteiger partial charge in [0.25, 0.3) is 0 Å². The number of esters is 1. The Morgan fingerprint density at radius 3 is 2.72 bits per heavy atom. The molecule has 1 aliphatic heterocycles. The molecular weight excluding hydrogens is 320 g/mol. The van der Waals surface area contributed by atoms with Crippen molar-refractivity contribution in [1.82, 2.24) is 4.57 Å². The van der Waals surface area contributed by atoms with Crippen LogP contribution in [0.4, 0.5) is 5.69 Å². The van der Waals surface area contributed by atoms with Crippen LogP contribution >= 0.6 is 0 Å². The lowest BCUT2D eigenvalue weighted by atomic mass is 9.93. The zero-order chi connectivity index (χ0) is 18.3. The van der Waals surface area contributed by atoms with Crippen LogP contribution in [0.15, 0.2) is 16.9 Å². The van der Waals surface area contributed by atoms with Gasteiger partial charge in [-0.3, -0.25) is 9.59 Å². The third-order valence-corrected chi connectivity index (χ3v) is 4.76. The van der Waals surface area contributed by atoms with E-state index in [0.29, 0.717) is 11.1 Å². The summed E-state index contributed by atoms with van der Waals surface area (Å²) in [6.45, 7) is 7.25. The van der Waals surface area contributed by atoms with Crippen LogP contribution < -0.4 is 10.7 Å². The smallest absolute Gasteiger partial charge is 0.343 e. The first-order valence-electron chi connectivity index (χ1n) is 8.52. The standard InChI is InChI=1S/C19H22N2O4/c1-5-25-19(24)16-11(3)21-10(2)6-7-13-15(20-12(4)22)9-8-14(17(13)21)18(16)23/h8-10H,5-7H2,1-4H3,(H,20,22). The number of benzene rings is 1. The minimum absolute atomic E-state index is 0.0985. The molecular formula is C19H22N2O4. The summed E-state index contributed by atoms with van der Waals surface area (Å²) in [5.74, 6) is -0.733. The van der Waals surface area contributed by atoms with Crippen LogP contribution in [0.5, 0.6) is 0 Å². The van der Waals surface area contributed by atoms with Gasteiger partial charge in [-0.05, 0) is 45.7 Å². The van der Waals surface area contributed by atoms with Gasteiger partial charge in [0.1, 0.15) is 5.56 Å². The van der Waals surface area contributed by atoms with Crippen LogP contribution in [0.2, 0.25) is 0 Å². The van der Waals surface area contributed by atoms with Crippen molar-refractivity contribution in [2.24, 2.45) is 0 Å². The summed E-state index contributed by atoms with van der Waals surface area (Å²) in [7, 11) is 0. The van der Waals surface area contributed by atoms with Gasteiger partial charge in [-0.15, -0.1) is 0 Å². The zero-order valence-electron chi connectivity index (χ0n) is 14.9. The summed E-state index contributed by atoms with van der Waals surface area (Å²) in [5, 5.41) is 3.33. The predicted octanol–water partition coefficient (Wildman–Crippen LogP) is 2.95. The Bertz CT molecular complexity index is 943.